The van der Waals surface area contributed by atoms with Crippen LogP contribution in [0.2, 0.25) is 0 Å². The quantitative estimate of drug-likeness (QED) is 0.536. The van der Waals surface area contributed by atoms with Crippen LogP contribution in [0.25, 0.3) is 0 Å². The minimum atomic E-state index is -0.792. The summed E-state index contributed by atoms with van der Waals surface area (Å²) in [7, 11) is 1.90. The van der Waals surface area contributed by atoms with Crippen molar-refractivity contribution in [3.05, 3.63) is 11.6 Å². The zero-order valence-electron chi connectivity index (χ0n) is 5.29. The third-order valence-electron chi connectivity index (χ3n) is 1.36. The maximum absolute atomic E-state index is 10.3. The van der Waals surface area contributed by atoms with E-state index >= 15 is 0 Å². The van der Waals surface area contributed by atoms with Gasteiger partial charge in [-0.2, -0.15) is 0 Å². The first-order valence-electron chi connectivity index (χ1n) is 2.81. The molecule has 0 atom stereocenters. The van der Waals surface area contributed by atoms with E-state index in [-0.39, 0.29) is 0 Å². The first-order chi connectivity index (χ1) is 4.20. The molecule has 0 saturated heterocycles. The zero-order chi connectivity index (χ0) is 6.85. The first-order valence-corrected chi connectivity index (χ1v) is 2.81. The van der Waals surface area contributed by atoms with Crippen molar-refractivity contribution in [1.82, 2.24) is 4.90 Å². The van der Waals surface area contributed by atoms with Crippen molar-refractivity contribution in [2.24, 2.45) is 0 Å². The predicted octanol–water partition coefficient (Wildman–Crippen LogP) is -0.0572. The van der Waals surface area contributed by atoms with Crippen LogP contribution in [0, 0.1) is 0 Å². The van der Waals surface area contributed by atoms with Crippen molar-refractivity contribution in [2.75, 3.05) is 20.1 Å². The Morgan fingerprint density at radius 3 is 2.78 bits per heavy atom. The van der Waals surface area contributed by atoms with Crippen molar-refractivity contribution < 1.29 is 9.90 Å². The highest BCUT2D eigenvalue weighted by Crippen LogP contribution is 2.05. The summed E-state index contributed by atoms with van der Waals surface area (Å²) < 4.78 is 0. The van der Waals surface area contributed by atoms with Crippen LogP contribution in [0.1, 0.15) is 0 Å². The fourth-order valence-corrected chi connectivity index (χ4v) is 0.841. The number of aliphatic carboxylic acids is 1. The van der Waals surface area contributed by atoms with Gasteiger partial charge in [0, 0.05) is 18.7 Å². The van der Waals surface area contributed by atoms with Crippen molar-refractivity contribution in [3.63, 3.8) is 0 Å². The second-order valence-corrected chi connectivity index (χ2v) is 2.23. The van der Waals surface area contributed by atoms with Crippen molar-refractivity contribution in [1.29, 1.82) is 0 Å². The lowest BCUT2D eigenvalue weighted by Crippen LogP contribution is -2.16. The average molecular weight is 127 g/mol. The van der Waals surface area contributed by atoms with Gasteiger partial charge >= 0.3 is 5.97 Å². The molecule has 1 N–H and O–H groups in total. The van der Waals surface area contributed by atoms with Crippen molar-refractivity contribution >= 4 is 5.97 Å². The highest BCUT2D eigenvalue weighted by molar-refractivity contribution is 5.87. The van der Waals surface area contributed by atoms with Crippen molar-refractivity contribution in [3.8, 4) is 0 Å². The van der Waals surface area contributed by atoms with Gasteiger partial charge in [-0.3, -0.25) is 4.90 Å². The van der Waals surface area contributed by atoms with E-state index in [4.69, 9.17) is 5.11 Å². The normalized spacial score (nSPS) is 19.9. The fourth-order valence-electron chi connectivity index (χ4n) is 0.841. The van der Waals surface area contributed by atoms with E-state index < -0.39 is 5.97 Å². The van der Waals surface area contributed by atoms with E-state index in [1.807, 2.05) is 11.9 Å². The Morgan fingerprint density at radius 1 is 1.89 bits per heavy atom. The average Bonchev–Trinajstić information content (AvgIpc) is 2.14. The van der Waals surface area contributed by atoms with Gasteiger partial charge < -0.3 is 5.11 Å². The van der Waals surface area contributed by atoms with E-state index in [2.05, 4.69) is 0 Å². The van der Waals surface area contributed by atoms with E-state index in [1.54, 1.807) is 6.08 Å². The summed E-state index contributed by atoms with van der Waals surface area (Å²) in [5.74, 6) is -0.792. The van der Waals surface area contributed by atoms with Gasteiger partial charge in [-0.05, 0) is 7.05 Å². The Hall–Kier alpha value is -0.830. The molecule has 50 valence electrons. The molecule has 0 radical (unpaired) electrons. The largest absolute Gasteiger partial charge is 0.478 e. The molecule has 1 rings (SSSR count). The molecular weight excluding hydrogens is 118 g/mol. The second-order valence-electron chi connectivity index (χ2n) is 2.23. The Balaban J connectivity index is 2.55. The molecule has 0 amide bonds. The third-order valence-corrected chi connectivity index (χ3v) is 1.36. The lowest BCUT2D eigenvalue weighted by molar-refractivity contribution is -0.132. The number of carboxylic acid groups (broad SMARTS) is 1. The molecule has 0 bridgehead atoms. The van der Waals surface area contributed by atoms with Crippen LogP contribution in [0.15, 0.2) is 11.6 Å². The number of nitrogens with zero attached hydrogens (tertiary/aromatic N) is 1. The van der Waals surface area contributed by atoms with E-state index in [0.717, 1.165) is 6.54 Å². The van der Waals surface area contributed by atoms with Gasteiger partial charge in [0.2, 0.25) is 0 Å². The summed E-state index contributed by atoms with van der Waals surface area (Å²) in [5.41, 5.74) is 0.512. The molecule has 1 heterocycles. The van der Waals surface area contributed by atoms with Crippen LogP contribution < -0.4 is 0 Å². The lowest BCUT2D eigenvalue weighted by atomic mass is 10.3. The number of rotatable bonds is 1. The van der Waals surface area contributed by atoms with Gasteiger partial charge in [0.05, 0.1) is 0 Å². The van der Waals surface area contributed by atoms with E-state index in [9.17, 15) is 4.79 Å². The van der Waals surface area contributed by atoms with Gasteiger partial charge in [-0.15, -0.1) is 0 Å². The van der Waals surface area contributed by atoms with Gasteiger partial charge in [0.1, 0.15) is 0 Å². The molecule has 0 spiro atoms. The monoisotopic (exact) mass is 127 g/mol. The number of carbonyl (C=O) groups is 1. The molecule has 9 heavy (non-hydrogen) atoms. The summed E-state index contributed by atoms with van der Waals surface area (Å²) >= 11 is 0. The number of likely N-dealkylation sites (N-methyl/N-ethyl adjacent to an activating group) is 1. The van der Waals surface area contributed by atoms with Crippen LogP contribution in [0.3, 0.4) is 0 Å². The smallest absolute Gasteiger partial charge is 0.332 e. The summed E-state index contributed by atoms with van der Waals surface area (Å²) in [6.07, 6.45) is 1.74. The number of carboxylic acids is 1. The van der Waals surface area contributed by atoms with Crippen molar-refractivity contribution in [2.45, 2.75) is 0 Å². The maximum atomic E-state index is 10.3. The van der Waals surface area contributed by atoms with Crippen LogP contribution in [0.5, 0.6) is 0 Å². The Morgan fingerprint density at radius 2 is 2.56 bits per heavy atom. The molecule has 0 fully saturated rings. The molecule has 0 aliphatic carbocycles. The topological polar surface area (TPSA) is 40.5 Å². The van der Waals surface area contributed by atoms with Gasteiger partial charge in [0.15, 0.2) is 0 Å². The molecule has 0 aromatic heterocycles. The van der Waals surface area contributed by atoms with Crippen LogP contribution in [0.4, 0.5) is 0 Å². The van der Waals surface area contributed by atoms with E-state index in [0.29, 0.717) is 12.1 Å². The molecule has 3 heteroatoms. The first kappa shape index (κ1) is 6.29. The van der Waals surface area contributed by atoms with Gasteiger partial charge in [-0.25, -0.2) is 4.79 Å². The minimum Gasteiger partial charge on any atom is -0.478 e. The molecule has 0 saturated carbocycles. The summed E-state index contributed by atoms with van der Waals surface area (Å²) in [4.78, 5) is 12.2. The van der Waals surface area contributed by atoms with Gasteiger partial charge in [0.25, 0.3) is 0 Å². The summed E-state index contributed by atoms with van der Waals surface area (Å²) in [5, 5.41) is 8.44. The van der Waals surface area contributed by atoms with Crippen LogP contribution >= 0.6 is 0 Å². The number of hydrogen-bond donors (Lipinski definition) is 1. The zero-order valence-corrected chi connectivity index (χ0v) is 5.29. The third kappa shape index (κ3) is 1.29. The minimum absolute atomic E-state index is 0.512. The summed E-state index contributed by atoms with van der Waals surface area (Å²) in [6, 6.07) is 0. The second kappa shape index (κ2) is 2.19. The molecule has 0 unspecified atom stereocenters. The highest BCUT2D eigenvalue weighted by atomic mass is 16.4. The molecule has 3 nitrogen and oxygen atoms in total. The Kier molecular flexibility index (Phi) is 1.53. The van der Waals surface area contributed by atoms with E-state index in [1.165, 1.54) is 0 Å². The Bertz CT molecular complexity index is 162. The predicted molar refractivity (Wildman–Crippen MR) is 33.2 cm³/mol. The molecule has 0 aromatic carbocycles. The maximum Gasteiger partial charge on any atom is 0.332 e. The van der Waals surface area contributed by atoms with Gasteiger partial charge in [-0.1, -0.05) is 6.08 Å². The molecule has 0 aromatic rings. The molecule has 1 aliphatic heterocycles. The van der Waals surface area contributed by atoms with Crippen LogP contribution in [-0.2, 0) is 4.79 Å². The molecule has 1 aliphatic rings. The Labute approximate surface area is 53.6 Å². The summed E-state index contributed by atoms with van der Waals surface area (Å²) in [6.45, 7) is 1.34. The number of hydrogen-bond acceptors (Lipinski definition) is 2. The highest BCUT2D eigenvalue weighted by Gasteiger charge is 2.14. The molecular formula is C6H9NO2. The standard InChI is InChI=1S/C6H9NO2/c1-7-3-2-5(4-7)6(8)9/h2H,3-4H2,1H3,(H,8,9). The fraction of sp³-hybridized carbons (Fsp3) is 0.500. The SMILES string of the molecule is CN1CC=C(C(=O)O)C1. The van der Waals surface area contributed by atoms with Crippen LogP contribution in [-0.4, -0.2) is 36.1 Å². The lowest BCUT2D eigenvalue weighted by Gasteiger charge is -2.03.